The number of H-pyrrole nitrogens is 1. The molecule has 2 aromatic heterocycles. The van der Waals surface area contributed by atoms with Gasteiger partial charge in [-0.25, -0.2) is 9.18 Å². The van der Waals surface area contributed by atoms with Crippen molar-refractivity contribution in [3.8, 4) is 5.75 Å². The van der Waals surface area contributed by atoms with Crippen LogP contribution in [0.25, 0.3) is 21.8 Å². The van der Waals surface area contributed by atoms with Crippen LogP contribution in [0.1, 0.15) is 31.9 Å². The maximum absolute atomic E-state index is 14.3. The van der Waals surface area contributed by atoms with Crippen LogP contribution in [0.5, 0.6) is 5.75 Å². The normalized spacial score (nSPS) is 12.7. The predicted molar refractivity (Wildman–Crippen MR) is 102 cm³/mol. The molecule has 0 saturated carbocycles. The summed E-state index contributed by atoms with van der Waals surface area (Å²) < 4.78 is 20.8. The van der Waals surface area contributed by atoms with Crippen molar-refractivity contribution in [2.45, 2.75) is 26.3 Å². The molecule has 0 aliphatic heterocycles. The second-order valence-corrected chi connectivity index (χ2v) is 7.15. The number of carboxylic acid groups (broad SMARTS) is 1. The highest BCUT2D eigenvalue weighted by atomic mass is 19.1. The number of halogens is 1. The highest BCUT2D eigenvalue weighted by Crippen LogP contribution is 2.34. The van der Waals surface area contributed by atoms with Crippen LogP contribution < -0.4 is 4.74 Å². The van der Waals surface area contributed by atoms with Crippen LogP contribution in [-0.4, -0.2) is 31.2 Å². The van der Waals surface area contributed by atoms with Gasteiger partial charge in [0.25, 0.3) is 0 Å². The van der Waals surface area contributed by atoms with Crippen LogP contribution in [0.15, 0.2) is 42.7 Å². The third-order valence-corrected chi connectivity index (χ3v) is 4.67. The first-order valence-corrected chi connectivity index (χ1v) is 8.93. The number of nitrogens with one attached hydrogen (secondary N) is 1. The fourth-order valence-electron chi connectivity index (χ4n) is 3.56. The predicted octanol–water partition coefficient (Wildman–Crippen LogP) is 4.74. The van der Waals surface area contributed by atoms with Gasteiger partial charge in [0.15, 0.2) is 0 Å². The van der Waals surface area contributed by atoms with E-state index in [-0.39, 0.29) is 17.6 Å². The lowest BCUT2D eigenvalue weighted by atomic mass is 9.95. The Kier molecular flexibility index (Phi) is 4.46. The molecule has 0 fully saturated rings. The van der Waals surface area contributed by atoms with E-state index in [0.717, 1.165) is 28.4 Å². The Morgan fingerprint density at radius 3 is 2.82 bits per heavy atom. The van der Waals surface area contributed by atoms with Gasteiger partial charge in [0.05, 0.1) is 29.5 Å². The molecule has 2 N–H and O–H groups in total. The van der Waals surface area contributed by atoms with E-state index < -0.39 is 6.16 Å². The Morgan fingerprint density at radius 1 is 1.25 bits per heavy atom. The van der Waals surface area contributed by atoms with Gasteiger partial charge in [-0.3, -0.25) is 9.78 Å². The number of hydrogen-bond acceptors (Lipinski definition) is 4. The summed E-state index contributed by atoms with van der Waals surface area (Å²) in [5.41, 5.74) is 2.36. The average Bonchev–Trinajstić information content (AvgIpc) is 3.24. The molecule has 4 aromatic rings. The Bertz CT molecular complexity index is 1160. The zero-order chi connectivity index (χ0) is 19.8. The Balaban J connectivity index is 1.86. The van der Waals surface area contributed by atoms with Crippen LogP contribution in [0.3, 0.4) is 0 Å². The smallest absolute Gasteiger partial charge is 0.449 e. The maximum Gasteiger partial charge on any atom is 0.511 e. The van der Waals surface area contributed by atoms with Crippen LogP contribution in [0, 0.1) is 11.7 Å². The second kappa shape index (κ2) is 6.95. The SMILES string of the molecule is CC(C)CC(c1cc(F)cc2cn[nH]c12)n1ncc2cc(OC(=O)O)ccc21. The zero-order valence-electron chi connectivity index (χ0n) is 15.4. The third kappa shape index (κ3) is 3.28. The van der Waals surface area contributed by atoms with Crippen molar-refractivity contribution >= 4 is 28.0 Å². The molecule has 0 spiro atoms. The molecule has 0 radical (unpaired) electrons. The minimum absolute atomic E-state index is 0.220. The van der Waals surface area contributed by atoms with E-state index in [1.54, 1.807) is 30.6 Å². The number of hydrogen-bond donors (Lipinski definition) is 2. The Morgan fingerprint density at radius 2 is 2.07 bits per heavy atom. The van der Waals surface area contributed by atoms with Gasteiger partial charge in [-0.05, 0) is 42.7 Å². The number of ether oxygens (including phenoxy) is 1. The molecule has 1 atom stereocenters. The van der Waals surface area contributed by atoms with E-state index in [2.05, 4.69) is 29.1 Å². The largest absolute Gasteiger partial charge is 0.511 e. The van der Waals surface area contributed by atoms with Crippen molar-refractivity contribution in [3.05, 3.63) is 54.1 Å². The Labute approximate surface area is 159 Å². The van der Waals surface area contributed by atoms with Crippen molar-refractivity contribution in [1.82, 2.24) is 20.0 Å². The van der Waals surface area contributed by atoms with E-state index in [9.17, 15) is 9.18 Å². The molecule has 0 aliphatic rings. The van der Waals surface area contributed by atoms with Gasteiger partial charge in [-0.2, -0.15) is 10.2 Å². The lowest BCUT2D eigenvalue weighted by Gasteiger charge is -2.22. The van der Waals surface area contributed by atoms with Crippen molar-refractivity contribution in [3.63, 3.8) is 0 Å². The van der Waals surface area contributed by atoms with Crippen molar-refractivity contribution in [2.75, 3.05) is 0 Å². The number of nitrogens with zero attached hydrogens (tertiary/aromatic N) is 3. The number of carbonyl (C=O) groups is 1. The first kappa shape index (κ1) is 18.0. The van der Waals surface area contributed by atoms with E-state index in [0.29, 0.717) is 11.3 Å². The summed E-state index contributed by atoms with van der Waals surface area (Å²) in [4.78, 5) is 10.8. The number of aromatic amines is 1. The topological polar surface area (TPSA) is 93.0 Å². The highest BCUT2D eigenvalue weighted by molar-refractivity contribution is 5.84. The van der Waals surface area contributed by atoms with Gasteiger partial charge in [0.2, 0.25) is 0 Å². The number of aromatic nitrogens is 4. The molecule has 7 nitrogen and oxygen atoms in total. The molecular weight excluding hydrogens is 363 g/mol. The van der Waals surface area contributed by atoms with Crippen LogP contribution >= 0.6 is 0 Å². The van der Waals surface area contributed by atoms with Gasteiger partial charge in [0, 0.05) is 16.3 Å². The molecule has 0 amide bonds. The fourth-order valence-corrected chi connectivity index (χ4v) is 3.56. The summed E-state index contributed by atoms with van der Waals surface area (Å²) in [5, 5.41) is 21.8. The highest BCUT2D eigenvalue weighted by Gasteiger charge is 2.23. The van der Waals surface area contributed by atoms with Crippen LogP contribution in [-0.2, 0) is 0 Å². The molecular formula is C20H19FN4O3. The summed E-state index contributed by atoms with van der Waals surface area (Å²) in [5.74, 6) is 0.230. The fraction of sp³-hybridized carbons (Fsp3) is 0.250. The lowest BCUT2D eigenvalue weighted by molar-refractivity contribution is 0.144. The molecule has 0 bridgehead atoms. The molecule has 8 heteroatoms. The van der Waals surface area contributed by atoms with Crippen LogP contribution in [0.4, 0.5) is 9.18 Å². The second-order valence-electron chi connectivity index (χ2n) is 7.15. The monoisotopic (exact) mass is 382 g/mol. The van der Waals surface area contributed by atoms with Gasteiger partial charge in [0.1, 0.15) is 11.6 Å². The minimum atomic E-state index is -1.37. The summed E-state index contributed by atoms with van der Waals surface area (Å²) in [6.45, 7) is 4.20. The van der Waals surface area contributed by atoms with E-state index in [1.807, 2.05) is 4.68 Å². The molecule has 2 aromatic carbocycles. The third-order valence-electron chi connectivity index (χ3n) is 4.67. The van der Waals surface area contributed by atoms with E-state index >= 15 is 0 Å². The van der Waals surface area contributed by atoms with Gasteiger partial charge in [-0.1, -0.05) is 13.8 Å². The number of benzene rings is 2. The summed E-state index contributed by atoms with van der Waals surface area (Å²) in [7, 11) is 0. The molecule has 1 unspecified atom stereocenters. The first-order valence-electron chi connectivity index (χ1n) is 8.93. The molecule has 0 saturated heterocycles. The van der Waals surface area contributed by atoms with Gasteiger partial charge in [-0.15, -0.1) is 0 Å². The molecule has 144 valence electrons. The van der Waals surface area contributed by atoms with Crippen molar-refractivity contribution in [1.29, 1.82) is 0 Å². The molecule has 2 heterocycles. The molecule has 4 rings (SSSR count). The van der Waals surface area contributed by atoms with Crippen molar-refractivity contribution in [2.24, 2.45) is 5.92 Å². The van der Waals surface area contributed by atoms with Gasteiger partial charge >= 0.3 is 6.16 Å². The lowest BCUT2D eigenvalue weighted by Crippen LogP contribution is -2.15. The number of fused-ring (bicyclic) bond motifs is 2. The first-order chi connectivity index (χ1) is 13.4. The molecule has 28 heavy (non-hydrogen) atoms. The molecule has 0 aliphatic carbocycles. The number of rotatable bonds is 5. The average molecular weight is 382 g/mol. The van der Waals surface area contributed by atoms with Gasteiger partial charge < -0.3 is 9.84 Å². The zero-order valence-corrected chi connectivity index (χ0v) is 15.4. The van der Waals surface area contributed by atoms with E-state index in [4.69, 9.17) is 9.84 Å². The quantitative estimate of drug-likeness (QED) is 0.384. The summed E-state index contributed by atoms with van der Waals surface area (Å²) >= 11 is 0. The standard InChI is InChI=1S/C20H19FN4O3/c1-11(2)5-18(16-8-14(21)6-13-9-22-24-19(13)16)25-17-4-3-15(28-20(26)27)7-12(17)10-23-25/h3-4,6-11,18H,5H2,1-2H3,(H,22,24)(H,26,27). The van der Waals surface area contributed by atoms with Crippen molar-refractivity contribution < 1.29 is 19.0 Å². The summed E-state index contributed by atoms with van der Waals surface area (Å²) in [6.07, 6.45) is 2.62. The summed E-state index contributed by atoms with van der Waals surface area (Å²) in [6, 6.07) is 7.71. The van der Waals surface area contributed by atoms with E-state index in [1.165, 1.54) is 12.1 Å². The van der Waals surface area contributed by atoms with Crippen LogP contribution in [0.2, 0.25) is 0 Å². The Hall–Kier alpha value is -3.42. The minimum Gasteiger partial charge on any atom is -0.449 e. The maximum atomic E-state index is 14.3.